The Hall–Kier alpha value is -1.83. The molecule has 0 unspecified atom stereocenters. The Bertz CT molecular complexity index is 2100. The summed E-state index contributed by atoms with van der Waals surface area (Å²) >= 11 is 17.7. The average Bonchev–Trinajstić information content (AvgIpc) is 2.90. The topological polar surface area (TPSA) is 224 Å². The van der Waals surface area contributed by atoms with Crippen LogP contribution in [0.4, 0.5) is 28.6 Å². The summed E-state index contributed by atoms with van der Waals surface area (Å²) in [5.41, 5.74) is 3.38. The number of hydrogen-bond donors (Lipinski definition) is 3. The third-order valence-corrected chi connectivity index (χ3v) is 8.69. The first-order chi connectivity index (χ1) is 19.6. The number of nitrogens with zero attached hydrogens (tertiary/aromatic N) is 2. The molecule has 1 heterocycles. The van der Waals surface area contributed by atoms with Crippen molar-refractivity contribution in [2.45, 2.75) is 9.79 Å². The predicted molar refractivity (Wildman–Crippen MR) is 150 cm³/mol. The normalized spacial score (nSPS) is 12.4. The number of aromatic nitrogens is 2. The van der Waals surface area contributed by atoms with Crippen LogP contribution in [0.3, 0.4) is 0 Å². The minimum absolute atomic E-state index is 0. The first-order valence-corrected chi connectivity index (χ1v) is 15.2. The minimum Gasteiger partial charge on any atom is -0.744 e. The van der Waals surface area contributed by atoms with E-state index in [0.29, 0.717) is 0 Å². The Labute approximate surface area is 309 Å². The van der Waals surface area contributed by atoms with Gasteiger partial charge in [0.25, 0.3) is 0 Å². The third-order valence-electron chi connectivity index (χ3n) is 6.04. The Balaban J connectivity index is 0.00000264. The smallest absolute Gasteiger partial charge is 0.744 e. The summed E-state index contributed by atoms with van der Waals surface area (Å²) < 4.78 is 72.6. The van der Waals surface area contributed by atoms with E-state index in [0.717, 1.165) is 18.2 Å². The maximum absolute atomic E-state index is 13.5. The van der Waals surface area contributed by atoms with Crippen molar-refractivity contribution in [1.29, 1.82) is 0 Å². The molecule has 4 N–H and O–H groups in total. The molecule has 20 heteroatoms. The molecule has 216 valence electrons. The number of benzene rings is 3. The fourth-order valence-electron chi connectivity index (χ4n) is 4.27. The Kier molecular flexibility index (Phi) is 11.2. The zero-order chi connectivity index (χ0) is 30.7. The fraction of sp³-hybridized carbons (Fsp3) is 0. The van der Waals surface area contributed by atoms with Crippen LogP contribution in [0, 0.1) is 0 Å². The van der Waals surface area contributed by atoms with Crippen molar-refractivity contribution >= 4 is 95.2 Å². The SMILES string of the molecule is Nc1c(S(=O)(=O)[O-])cc(Nc2ccc(Nc3nc(Cl)nc(Cl)c3Cl)c(S(=O)(=O)[O-])c2)c2c1C(=O)c1ccccc1C2=O.[Na+].[Na+]. The van der Waals surface area contributed by atoms with E-state index in [4.69, 9.17) is 40.5 Å². The van der Waals surface area contributed by atoms with E-state index in [1.807, 2.05) is 0 Å². The molecule has 0 fully saturated rings. The van der Waals surface area contributed by atoms with E-state index < -0.39 is 52.8 Å². The van der Waals surface area contributed by atoms with Crippen LogP contribution in [0.15, 0.2) is 58.3 Å². The van der Waals surface area contributed by atoms with Gasteiger partial charge in [-0.05, 0) is 35.9 Å². The van der Waals surface area contributed by atoms with Gasteiger partial charge in [-0.25, -0.2) is 21.8 Å². The minimum atomic E-state index is -5.26. The molecule has 0 bridgehead atoms. The molecule has 0 aliphatic heterocycles. The molecule has 0 saturated heterocycles. The van der Waals surface area contributed by atoms with Crippen molar-refractivity contribution in [3.63, 3.8) is 0 Å². The van der Waals surface area contributed by atoms with Gasteiger partial charge in [0.05, 0.1) is 38.0 Å². The number of nitrogens with one attached hydrogen (secondary N) is 2. The molecule has 44 heavy (non-hydrogen) atoms. The predicted octanol–water partition coefficient (Wildman–Crippen LogP) is -1.90. The Morgan fingerprint density at radius 1 is 0.727 bits per heavy atom. The van der Waals surface area contributed by atoms with E-state index in [1.54, 1.807) is 0 Å². The van der Waals surface area contributed by atoms with Crippen LogP contribution in [0.25, 0.3) is 0 Å². The van der Waals surface area contributed by atoms with E-state index >= 15 is 0 Å². The van der Waals surface area contributed by atoms with Crippen LogP contribution in [0.2, 0.25) is 15.5 Å². The van der Waals surface area contributed by atoms with E-state index in [9.17, 15) is 35.5 Å². The van der Waals surface area contributed by atoms with Gasteiger partial charge in [0.2, 0.25) is 5.28 Å². The number of nitrogen functional groups attached to an aromatic ring is 1. The van der Waals surface area contributed by atoms with E-state index in [-0.39, 0.29) is 114 Å². The number of carbonyl (C=O) groups excluding carboxylic acids is 2. The van der Waals surface area contributed by atoms with Gasteiger partial charge in [0.15, 0.2) is 22.5 Å². The zero-order valence-electron chi connectivity index (χ0n) is 22.3. The second-order valence-corrected chi connectivity index (χ2v) is 12.4. The molecule has 1 aromatic heterocycles. The molecule has 4 aromatic rings. The molecule has 0 spiro atoms. The third kappa shape index (κ3) is 6.95. The molecule has 0 amide bonds. The molecule has 0 atom stereocenters. The molecule has 3 aromatic carbocycles. The monoisotopic (exact) mass is 713 g/mol. The van der Waals surface area contributed by atoms with Crippen molar-refractivity contribution in [3.8, 4) is 0 Å². The fourth-order valence-corrected chi connectivity index (χ4v) is 6.08. The standard InChI is InChI=1S/C24H14Cl3N5O8S2.2Na/c25-18-22(26)31-24(27)32-23(18)30-12-6-5-9(7-14(12)41(35,36)37)29-13-8-15(42(38,39)40)19(28)17-16(13)20(33)10-3-1-2-4-11(10)21(17)34;;/h1-8,29H,28H2,(H,30,31,32)(H,35,36,37)(H,38,39,40);;/q;2*+1/p-2. The van der Waals surface area contributed by atoms with Crippen LogP contribution in [0.1, 0.15) is 31.8 Å². The molecular weight excluding hydrogens is 703 g/mol. The van der Waals surface area contributed by atoms with Crippen molar-refractivity contribution in [1.82, 2.24) is 9.97 Å². The summed E-state index contributed by atoms with van der Waals surface area (Å²) in [5, 5.41) is 4.33. The average molecular weight is 715 g/mol. The van der Waals surface area contributed by atoms with Gasteiger partial charge in [-0.15, -0.1) is 0 Å². The number of carbonyl (C=O) groups is 2. The van der Waals surface area contributed by atoms with Gasteiger partial charge >= 0.3 is 59.1 Å². The van der Waals surface area contributed by atoms with Gasteiger partial charge in [0.1, 0.15) is 25.3 Å². The number of ketones is 2. The van der Waals surface area contributed by atoms with Crippen molar-refractivity contribution in [2.75, 3.05) is 16.4 Å². The molecular formula is C24H12Cl3N5Na2O8S2. The Morgan fingerprint density at radius 3 is 1.86 bits per heavy atom. The van der Waals surface area contributed by atoms with Gasteiger partial charge in [-0.1, -0.05) is 47.5 Å². The van der Waals surface area contributed by atoms with E-state index in [2.05, 4.69) is 20.6 Å². The van der Waals surface area contributed by atoms with Crippen molar-refractivity contribution < 1.29 is 94.6 Å². The summed E-state index contributed by atoms with van der Waals surface area (Å²) in [5.74, 6) is -1.77. The molecule has 5 rings (SSSR count). The van der Waals surface area contributed by atoms with Crippen molar-refractivity contribution in [3.05, 3.63) is 86.2 Å². The second-order valence-electron chi connectivity index (χ2n) is 8.60. The quantitative estimate of drug-likeness (QED) is 0.0575. The first kappa shape index (κ1) is 36.6. The summed E-state index contributed by atoms with van der Waals surface area (Å²) in [4.78, 5) is 32.4. The number of nitrogens with two attached hydrogens (primary N) is 1. The largest absolute Gasteiger partial charge is 1.00 e. The Morgan fingerprint density at radius 2 is 1.30 bits per heavy atom. The molecule has 1 aliphatic rings. The summed E-state index contributed by atoms with van der Waals surface area (Å²) in [6, 6.07) is 9.63. The molecule has 0 saturated carbocycles. The maximum Gasteiger partial charge on any atom is 1.00 e. The molecule has 13 nitrogen and oxygen atoms in total. The van der Waals surface area contributed by atoms with Crippen LogP contribution in [-0.2, 0) is 20.2 Å². The number of rotatable bonds is 6. The maximum atomic E-state index is 13.5. The number of anilines is 5. The zero-order valence-corrected chi connectivity index (χ0v) is 30.2. The molecule has 1 aliphatic carbocycles. The van der Waals surface area contributed by atoms with Gasteiger partial charge < -0.3 is 25.5 Å². The summed E-state index contributed by atoms with van der Waals surface area (Å²) in [7, 11) is -10.5. The number of halogens is 3. The summed E-state index contributed by atoms with van der Waals surface area (Å²) in [6.07, 6.45) is 0. The first-order valence-electron chi connectivity index (χ1n) is 11.2. The number of fused-ring (bicyclic) bond motifs is 2. The van der Waals surface area contributed by atoms with Crippen LogP contribution in [-0.4, -0.2) is 47.5 Å². The van der Waals surface area contributed by atoms with Gasteiger partial charge in [-0.3, -0.25) is 9.59 Å². The van der Waals surface area contributed by atoms with Gasteiger partial charge in [0, 0.05) is 16.8 Å². The van der Waals surface area contributed by atoms with Gasteiger partial charge in [-0.2, -0.15) is 4.98 Å². The second kappa shape index (κ2) is 13.5. The van der Waals surface area contributed by atoms with Crippen LogP contribution >= 0.6 is 34.8 Å². The molecule has 0 radical (unpaired) electrons. The summed E-state index contributed by atoms with van der Waals surface area (Å²) in [6.45, 7) is 0. The van der Waals surface area contributed by atoms with Crippen LogP contribution < -0.4 is 75.5 Å². The van der Waals surface area contributed by atoms with E-state index in [1.165, 1.54) is 30.3 Å². The number of hydrogen-bond acceptors (Lipinski definition) is 13. The van der Waals surface area contributed by atoms with Crippen molar-refractivity contribution in [2.24, 2.45) is 0 Å². The van der Waals surface area contributed by atoms with Crippen LogP contribution in [0.5, 0.6) is 0 Å².